The molecule has 1 aromatic heterocycles. The minimum Gasteiger partial charge on any atom is -0.335 e. The third-order valence-electron chi connectivity index (χ3n) is 4.96. The first-order valence-corrected chi connectivity index (χ1v) is 11.9. The fourth-order valence-corrected chi connectivity index (χ4v) is 7.53. The van der Waals surface area contributed by atoms with Crippen molar-refractivity contribution in [2.75, 3.05) is 5.75 Å². The van der Waals surface area contributed by atoms with E-state index in [0.29, 0.717) is 4.08 Å². The summed E-state index contributed by atoms with van der Waals surface area (Å²) in [5.74, 6) is 1.34. The lowest BCUT2D eigenvalue weighted by molar-refractivity contribution is 0.524. The molecule has 2 nitrogen and oxygen atoms in total. The summed E-state index contributed by atoms with van der Waals surface area (Å²) >= 11 is 4.53. The Bertz CT molecular complexity index is 421. The van der Waals surface area contributed by atoms with Gasteiger partial charge in [0, 0.05) is 24.2 Å². The van der Waals surface area contributed by atoms with Gasteiger partial charge in [-0.1, -0.05) is 65.2 Å². The number of nitrogens with zero attached hydrogens (tertiary/aromatic N) is 2. The molecule has 1 saturated heterocycles. The predicted octanol–water partition coefficient (Wildman–Crippen LogP) is 6.76. The number of rotatable bonds is 12. The van der Waals surface area contributed by atoms with Gasteiger partial charge in [-0.2, -0.15) is 0 Å². The van der Waals surface area contributed by atoms with Crippen LogP contribution in [0.25, 0.3) is 0 Å². The fraction of sp³-hybridized carbons (Fsp3) is 0.850. The number of unbranched alkanes of at least 4 members (excludes halogenated alkanes) is 6. The lowest BCUT2D eigenvalue weighted by Crippen LogP contribution is -2.33. The van der Waals surface area contributed by atoms with Gasteiger partial charge < -0.3 is 4.57 Å². The zero-order valence-corrected chi connectivity index (χ0v) is 17.3. The van der Waals surface area contributed by atoms with E-state index in [1.807, 2.05) is 12.5 Å². The minimum absolute atomic E-state index is 0.377. The molecule has 2 rings (SSSR count). The summed E-state index contributed by atoms with van der Waals surface area (Å²) in [6.07, 6.45) is 21.3. The second-order valence-electron chi connectivity index (χ2n) is 7.18. The molecular weight excluding hydrogens is 332 g/mol. The van der Waals surface area contributed by atoms with Gasteiger partial charge in [-0.3, -0.25) is 0 Å². The van der Waals surface area contributed by atoms with Crippen LogP contribution in [0.3, 0.4) is 0 Å². The summed E-state index contributed by atoms with van der Waals surface area (Å²) in [7, 11) is 0. The second kappa shape index (κ2) is 11.5. The first-order chi connectivity index (χ1) is 11.8. The number of imidazole rings is 1. The van der Waals surface area contributed by atoms with Crippen LogP contribution in [-0.4, -0.2) is 24.6 Å². The summed E-state index contributed by atoms with van der Waals surface area (Å²) in [6, 6.07) is 0. The molecule has 1 fully saturated rings. The Morgan fingerprint density at radius 3 is 2.62 bits per heavy atom. The molecule has 1 aromatic rings. The largest absolute Gasteiger partial charge is 0.335 e. The van der Waals surface area contributed by atoms with E-state index in [-0.39, 0.29) is 0 Å². The van der Waals surface area contributed by atoms with Crippen molar-refractivity contribution in [3.05, 3.63) is 18.7 Å². The van der Waals surface area contributed by atoms with E-state index in [1.165, 1.54) is 76.4 Å². The van der Waals surface area contributed by atoms with E-state index in [2.05, 4.69) is 53.1 Å². The molecule has 2 unspecified atom stereocenters. The van der Waals surface area contributed by atoms with Gasteiger partial charge in [0.05, 0.1) is 10.4 Å². The second-order valence-corrected chi connectivity index (χ2v) is 10.6. The highest BCUT2D eigenvalue weighted by Crippen LogP contribution is 2.51. The molecule has 0 spiro atoms. The van der Waals surface area contributed by atoms with Crippen molar-refractivity contribution in [3.63, 3.8) is 0 Å². The number of hydrogen-bond donors (Lipinski definition) is 0. The van der Waals surface area contributed by atoms with Gasteiger partial charge in [-0.25, -0.2) is 4.98 Å². The van der Waals surface area contributed by atoms with Crippen LogP contribution in [-0.2, 0) is 6.54 Å². The Morgan fingerprint density at radius 2 is 1.88 bits per heavy atom. The molecule has 0 bridgehead atoms. The monoisotopic (exact) mass is 368 g/mol. The van der Waals surface area contributed by atoms with E-state index < -0.39 is 0 Å². The average Bonchev–Trinajstić information content (AvgIpc) is 3.09. The number of thioether (sulfide) groups is 2. The van der Waals surface area contributed by atoms with Crippen molar-refractivity contribution in [1.29, 1.82) is 0 Å². The lowest BCUT2D eigenvalue weighted by atomic mass is 10.1. The Labute approximate surface area is 158 Å². The van der Waals surface area contributed by atoms with Crippen molar-refractivity contribution in [3.8, 4) is 0 Å². The van der Waals surface area contributed by atoms with Gasteiger partial charge in [0.1, 0.15) is 0 Å². The predicted molar refractivity (Wildman–Crippen MR) is 111 cm³/mol. The SMILES string of the molecule is CCCCCCCCC1(Cn2ccnc2)SCCC(CCCC)S1. The highest BCUT2D eigenvalue weighted by molar-refractivity contribution is 8.19. The molecule has 4 heteroatoms. The Morgan fingerprint density at radius 1 is 1.08 bits per heavy atom. The van der Waals surface area contributed by atoms with Crippen LogP contribution in [0.2, 0.25) is 0 Å². The van der Waals surface area contributed by atoms with Gasteiger partial charge in [-0.15, -0.1) is 23.5 Å². The highest BCUT2D eigenvalue weighted by Gasteiger charge is 2.37. The molecule has 1 aliphatic rings. The van der Waals surface area contributed by atoms with Crippen molar-refractivity contribution in [2.45, 2.75) is 100 Å². The topological polar surface area (TPSA) is 17.8 Å². The maximum atomic E-state index is 4.26. The van der Waals surface area contributed by atoms with E-state index in [1.54, 1.807) is 0 Å². The van der Waals surface area contributed by atoms with Crippen LogP contribution in [0.1, 0.15) is 84.5 Å². The zero-order valence-electron chi connectivity index (χ0n) is 15.7. The molecule has 0 N–H and O–H groups in total. The zero-order chi connectivity index (χ0) is 17.1. The van der Waals surface area contributed by atoms with Gasteiger partial charge >= 0.3 is 0 Å². The van der Waals surface area contributed by atoms with E-state index in [0.717, 1.165) is 11.8 Å². The van der Waals surface area contributed by atoms with Gasteiger partial charge in [0.15, 0.2) is 0 Å². The first kappa shape index (κ1) is 20.2. The van der Waals surface area contributed by atoms with E-state index in [4.69, 9.17) is 0 Å². The molecule has 2 heterocycles. The van der Waals surface area contributed by atoms with Crippen LogP contribution >= 0.6 is 23.5 Å². The smallest absolute Gasteiger partial charge is 0.0946 e. The fourth-order valence-electron chi connectivity index (χ4n) is 3.53. The maximum absolute atomic E-state index is 4.26. The average molecular weight is 369 g/mol. The quantitative estimate of drug-likeness (QED) is 0.380. The highest BCUT2D eigenvalue weighted by atomic mass is 32.2. The van der Waals surface area contributed by atoms with Crippen LogP contribution < -0.4 is 0 Å². The molecule has 0 saturated carbocycles. The third kappa shape index (κ3) is 7.03. The van der Waals surface area contributed by atoms with Crippen molar-refractivity contribution in [2.24, 2.45) is 0 Å². The molecule has 0 radical (unpaired) electrons. The molecule has 2 atom stereocenters. The van der Waals surface area contributed by atoms with Gasteiger partial charge in [-0.05, 0) is 25.0 Å². The van der Waals surface area contributed by atoms with Crippen molar-refractivity contribution < 1.29 is 0 Å². The van der Waals surface area contributed by atoms with Crippen LogP contribution in [0.4, 0.5) is 0 Å². The Hall–Kier alpha value is -0.0900. The van der Waals surface area contributed by atoms with Crippen molar-refractivity contribution in [1.82, 2.24) is 9.55 Å². The molecular formula is C20H36N2S2. The Balaban J connectivity index is 1.88. The number of hydrogen-bond acceptors (Lipinski definition) is 3. The van der Waals surface area contributed by atoms with E-state index in [9.17, 15) is 0 Å². The normalized spacial score (nSPS) is 24.3. The van der Waals surface area contributed by atoms with Gasteiger partial charge in [0.2, 0.25) is 0 Å². The summed E-state index contributed by atoms with van der Waals surface area (Å²) < 4.78 is 2.68. The minimum atomic E-state index is 0.377. The summed E-state index contributed by atoms with van der Waals surface area (Å²) in [6.45, 7) is 5.74. The molecule has 138 valence electrons. The summed E-state index contributed by atoms with van der Waals surface area (Å²) in [5.41, 5.74) is 0. The molecule has 0 aromatic carbocycles. The molecule has 1 aliphatic heterocycles. The van der Waals surface area contributed by atoms with Crippen molar-refractivity contribution >= 4 is 23.5 Å². The standard InChI is InChI=1S/C20H36N2S2/c1-3-5-7-8-9-10-13-20(17-22-15-14-21-18-22)23-16-12-19(24-20)11-6-4-2/h14-15,18-19H,3-13,16-17H2,1-2H3. The van der Waals surface area contributed by atoms with Crippen LogP contribution in [0.15, 0.2) is 18.7 Å². The molecule has 0 aliphatic carbocycles. The van der Waals surface area contributed by atoms with Gasteiger partial charge in [0.25, 0.3) is 0 Å². The summed E-state index contributed by atoms with van der Waals surface area (Å²) in [5, 5.41) is 0.870. The third-order valence-corrected chi connectivity index (χ3v) is 8.47. The van der Waals surface area contributed by atoms with E-state index >= 15 is 0 Å². The maximum Gasteiger partial charge on any atom is 0.0946 e. The first-order valence-electron chi connectivity index (χ1n) is 10.1. The van der Waals surface area contributed by atoms with Crippen LogP contribution in [0.5, 0.6) is 0 Å². The number of aromatic nitrogens is 2. The summed E-state index contributed by atoms with van der Waals surface area (Å²) in [4.78, 5) is 4.26. The Kier molecular flexibility index (Phi) is 9.70. The molecule has 0 amide bonds. The lowest BCUT2D eigenvalue weighted by Gasteiger charge is -2.40. The molecule has 24 heavy (non-hydrogen) atoms. The van der Waals surface area contributed by atoms with Crippen LogP contribution in [0, 0.1) is 0 Å².